The molecule has 0 aliphatic carbocycles. The van der Waals surface area contributed by atoms with Crippen LogP contribution in [0.4, 0.5) is 10.1 Å². The molecule has 0 radical (unpaired) electrons. The van der Waals surface area contributed by atoms with Gasteiger partial charge in [-0.1, -0.05) is 36.4 Å². The number of nitrogens with zero attached hydrogens (tertiary/aromatic N) is 5. The maximum atomic E-state index is 16.2. The molecule has 3 aliphatic heterocycles. The monoisotopic (exact) mass is 588 g/mol. The summed E-state index contributed by atoms with van der Waals surface area (Å²) in [6.45, 7) is 3.84. The van der Waals surface area contributed by atoms with Crippen LogP contribution in [0.5, 0.6) is 11.5 Å². The fourth-order valence-corrected chi connectivity index (χ4v) is 6.60. The van der Waals surface area contributed by atoms with Crippen molar-refractivity contribution in [2.24, 2.45) is 0 Å². The molecule has 1 amide bonds. The normalized spacial score (nSPS) is 17.3. The third-order valence-corrected chi connectivity index (χ3v) is 8.83. The van der Waals surface area contributed by atoms with Crippen LogP contribution in [0.2, 0.25) is 0 Å². The smallest absolute Gasteiger partial charge is 0.256 e. The van der Waals surface area contributed by atoms with Gasteiger partial charge in [0.15, 0.2) is 17.3 Å². The van der Waals surface area contributed by atoms with Crippen LogP contribution in [0.1, 0.15) is 28.4 Å². The first kappa shape index (κ1) is 26.5. The van der Waals surface area contributed by atoms with Crippen LogP contribution in [0.25, 0.3) is 27.4 Å². The minimum absolute atomic E-state index is 0.0416. The second kappa shape index (κ2) is 10.6. The van der Waals surface area contributed by atoms with Crippen LogP contribution >= 0.6 is 0 Å². The number of ether oxygens (including phenoxy) is 1. The molecule has 0 saturated carbocycles. The molecule has 5 aromatic rings. The van der Waals surface area contributed by atoms with Crippen molar-refractivity contribution < 1.29 is 13.9 Å². The highest BCUT2D eigenvalue weighted by atomic mass is 19.1. The van der Waals surface area contributed by atoms with Gasteiger partial charge in [-0.2, -0.15) is 0 Å². The Hall–Kier alpha value is -5.09. The molecule has 1 fully saturated rings. The van der Waals surface area contributed by atoms with Crippen LogP contribution in [-0.4, -0.2) is 64.6 Å². The van der Waals surface area contributed by atoms with Gasteiger partial charge in [0.05, 0.1) is 16.8 Å². The van der Waals surface area contributed by atoms with Gasteiger partial charge in [-0.25, -0.2) is 4.39 Å². The fourth-order valence-electron chi connectivity index (χ4n) is 6.60. The largest absolute Gasteiger partial charge is 0.451 e. The summed E-state index contributed by atoms with van der Waals surface area (Å²) in [5.74, 6) is -0.188. The minimum atomic E-state index is -0.570. The van der Waals surface area contributed by atoms with E-state index in [9.17, 15) is 9.59 Å². The van der Waals surface area contributed by atoms with Gasteiger partial charge >= 0.3 is 0 Å². The van der Waals surface area contributed by atoms with E-state index in [-0.39, 0.29) is 22.6 Å². The maximum absolute atomic E-state index is 16.2. The summed E-state index contributed by atoms with van der Waals surface area (Å²) in [6.07, 6.45) is 11.6. The third-order valence-electron chi connectivity index (χ3n) is 8.83. The SMILES string of the molecule is O=C(NCCN1CC=CC1)c1cn2c3c(c(N4CCC(c5cnccn5)C4)c(F)cc3c1=O)Oc1cc3ccccc3cc1-2. The summed E-state index contributed by atoms with van der Waals surface area (Å²) in [5, 5.41) is 4.93. The Kier molecular flexibility index (Phi) is 6.37. The van der Waals surface area contributed by atoms with Gasteiger partial charge in [0.2, 0.25) is 5.43 Å². The number of fused-ring (bicyclic) bond motifs is 3. The van der Waals surface area contributed by atoms with Crippen LogP contribution in [0.3, 0.4) is 0 Å². The molecular weight excluding hydrogens is 559 g/mol. The Morgan fingerprint density at radius 1 is 1.09 bits per heavy atom. The molecule has 2 aromatic heterocycles. The number of hydrogen-bond acceptors (Lipinski definition) is 7. The average molecular weight is 589 g/mol. The number of nitrogens with one attached hydrogen (secondary N) is 1. The second-order valence-electron chi connectivity index (χ2n) is 11.5. The first-order chi connectivity index (χ1) is 21.5. The molecule has 220 valence electrons. The topological polar surface area (TPSA) is 92.6 Å². The highest BCUT2D eigenvalue weighted by Crippen LogP contribution is 2.48. The number of aromatic nitrogens is 3. The minimum Gasteiger partial charge on any atom is -0.451 e. The predicted octanol–water partition coefficient (Wildman–Crippen LogP) is 4.77. The van der Waals surface area contributed by atoms with Gasteiger partial charge in [-0.05, 0) is 35.4 Å². The van der Waals surface area contributed by atoms with Crippen LogP contribution < -0.4 is 20.4 Å². The molecule has 0 bridgehead atoms. The van der Waals surface area contributed by atoms with E-state index in [1.165, 1.54) is 6.07 Å². The van der Waals surface area contributed by atoms with E-state index >= 15 is 4.39 Å². The standard InChI is InChI=1S/C34H29FN6O3/c35-26-17-24-30-33(31(26)40-13-7-23(19-40)27-18-36-8-9-37-27)44-29-16-22-6-2-1-5-21(22)15-28(29)41(30)20-25(32(24)42)34(43)38-10-14-39-11-3-4-12-39/h1-6,8-9,15-18,20,23H,7,10-14,19H2,(H,38,43). The molecule has 10 heteroatoms. The summed E-state index contributed by atoms with van der Waals surface area (Å²) in [4.78, 5) is 40.1. The lowest BCUT2D eigenvalue weighted by atomic mass is 10.0. The molecule has 1 unspecified atom stereocenters. The van der Waals surface area contributed by atoms with Crippen molar-refractivity contribution in [3.63, 3.8) is 0 Å². The molecule has 1 saturated heterocycles. The molecule has 3 aliphatic rings. The summed E-state index contributed by atoms with van der Waals surface area (Å²) in [6, 6.07) is 13.0. The third kappa shape index (κ3) is 4.41. The van der Waals surface area contributed by atoms with Gasteiger partial charge in [-0.3, -0.25) is 24.5 Å². The van der Waals surface area contributed by atoms with Crippen molar-refractivity contribution in [2.45, 2.75) is 12.3 Å². The molecule has 1 atom stereocenters. The summed E-state index contributed by atoms with van der Waals surface area (Å²) in [5.41, 5.74) is 1.70. The van der Waals surface area contributed by atoms with Crippen LogP contribution in [-0.2, 0) is 0 Å². The Balaban J connectivity index is 1.25. The maximum Gasteiger partial charge on any atom is 0.256 e. The number of rotatable bonds is 6. The molecule has 8 rings (SSSR count). The lowest BCUT2D eigenvalue weighted by molar-refractivity contribution is 0.0948. The van der Waals surface area contributed by atoms with Crippen molar-refractivity contribution in [1.29, 1.82) is 0 Å². The fraction of sp³-hybridized carbons (Fsp3) is 0.235. The number of hydrogen-bond donors (Lipinski definition) is 1. The van der Waals surface area contributed by atoms with Gasteiger partial charge in [-0.15, -0.1) is 0 Å². The van der Waals surface area contributed by atoms with Crippen molar-refractivity contribution in [3.8, 4) is 17.2 Å². The number of carbonyl (C=O) groups excluding carboxylic acids is 1. The molecule has 9 nitrogen and oxygen atoms in total. The Labute approximate surface area is 252 Å². The number of halogens is 1. The summed E-state index contributed by atoms with van der Waals surface area (Å²) in [7, 11) is 0. The Morgan fingerprint density at radius 3 is 2.70 bits per heavy atom. The van der Waals surface area contributed by atoms with E-state index in [1.54, 1.807) is 24.8 Å². The molecule has 44 heavy (non-hydrogen) atoms. The van der Waals surface area contributed by atoms with Crippen molar-refractivity contribution >= 4 is 33.3 Å². The van der Waals surface area contributed by atoms with Gasteiger partial charge in [0.25, 0.3) is 5.91 Å². The van der Waals surface area contributed by atoms with Crippen LogP contribution in [0.15, 0.2) is 84.2 Å². The number of anilines is 1. The average Bonchev–Trinajstić information content (AvgIpc) is 3.75. The quantitative estimate of drug-likeness (QED) is 0.280. The van der Waals surface area contributed by atoms with Gasteiger partial charge < -0.3 is 19.5 Å². The zero-order valence-electron chi connectivity index (χ0n) is 23.9. The van der Waals surface area contributed by atoms with Crippen molar-refractivity contribution in [2.75, 3.05) is 44.2 Å². The predicted molar refractivity (Wildman–Crippen MR) is 167 cm³/mol. The summed E-state index contributed by atoms with van der Waals surface area (Å²) >= 11 is 0. The second-order valence-corrected chi connectivity index (χ2v) is 11.5. The zero-order chi connectivity index (χ0) is 29.8. The van der Waals surface area contributed by atoms with Crippen LogP contribution in [0, 0.1) is 5.82 Å². The molecular formula is C34H29FN6O3. The highest BCUT2D eigenvalue weighted by Gasteiger charge is 2.34. The van der Waals surface area contributed by atoms with Crippen molar-refractivity contribution in [1.82, 2.24) is 24.8 Å². The van der Waals surface area contributed by atoms with Gasteiger partial charge in [0, 0.05) is 70.0 Å². The van der Waals surface area contributed by atoms with E-state index in [1.807, 2.05) is 45.9 Å². The Morgan fingerprint density at radius 2 is 1.91 bits per heavy atom. The lowest BCUT2D eigenvalue weighted by Gasteiger charge is -2.29. The molecule has 1 N–H and O–H groups in total. The van der Waals surface area contributed by atoms with E-state index in [2.05, 4.69) is 32.3 Å². The first-order valence-electron chi connectivity index (χ1n) is 14.8. The zero-order valence-corrected chi connectivity index (χ0v) is 23.9. The molecule has 0 spiro atoms. The molecule has 5 heterocycles. The number of benzene rings is 3. The number of carbonyl (C=O) groups is 1. The van der Waals surface area contributed by atoms with Gasteiger partial charge in [0.1, 0.15) is 16.8 Å². The van der Waals surface area contributed by atoms with E-state index in [4.69, 9.17) is 4.74 Å². The lowest BCUT2D eigenvalue weighted by Crippen LogP contribution is -2.36. The van der Waals surface area contributed by atoms with E-state index < -0.39 is 17.2 Å². The first-order valence-corrected chi connectivity index (χ1v) is 14.8. The number of pyridine rings is 1. The highest BCUT2D eigenvalue weighted by molar-refractivity contribution is 6.02. The molecule has 3 aromatic carbocycles. The summed E-state index contributed by atoms with van der Waals surface area (Å²) < 4.78 is 24.5. The Bertz CT molecular complexity index is 2040. The number of amides is 1. The van der Waals surface area contributed by atoms with E-state index in [0.29, 0.717) is 48.8 Å². The van der Waals surface area contributed by atoms with E-state index in [0.717, 1.165) is 36.0 Å². The van der Waals surface area contributed by atoms with Crippen molar-refractivity contribution in [3.05, 3.63) is 107 Å².